The number of methoxy groups -OCH3 is 1. The van der Waals surface area contributed by atoms with E-state index >= 15 is 0 Å². The standard InChI is InChI=1S/C14H13BrO2/c1-9(14(16)17-2)10-7-8-13(15)12-6-4-3-5-11(10)12/h3-9H,1-2H3. The molecule has 0 spiro atoms. The van der Waals surface area contributed by atoms with Crippen molar-refractivity contribution in [3.05, 3.63) is 46.4 Å². The maximum absolute atomic E-state index is 11.6. The van der Waals surface area contributed by atoms with Gasteiger partial charge in [-0.2, -0.15) is 0 Å². The monoisotopic (exact) mass is 292 g/mol. The normalized spacial score (nSPS) is 12.4. The average Bonchev–Trinajstić information content (AvgIpc) is 2.38. The van der Waals surface area contributed by atoms with E-state index in [1.165, 1.54) is 7.11 Å². The van der Waals surface area contributed by atoms with Crippen LogP contribution in [0.3, 0.4) is 0 Å². The number of carbonyl (C=O) groups excluding carboxylic acids is 1. The molecule has 3 heteroatoms. The highest BCUT2D eigenvalue weighted by Crippen LogP contribution is 2.31. The van der Waals surface area contributed by atoms with Crippen LogP contribution in [0.5, 0.6) is 0 Å². The first-order chi connectivity index (χ1) is 8.15. The van der Waals surface area contributed by atoms with E-state index in [1.54, 1.807) is 0 Å². The third kappa shape index (κ3) is 2.20. The molecular weight excluding hydrogens is 280 g/mol. The van der Waals surface area contributed by atoms with Gasteiger partial charge in [-0.15, -0.1) is 0 Å². The van der Waals surface area contributed by atoms with Crippen molar-refractivity contribution in [3.63, 3.8) is 0 Å². The van der Waals surface area contributed by atoms with Crippen LogP contribution in [0.25, 0.3) is 10.8 Å². The van der Waals surface area contributed by atoms with Crippen molar-refractivity contribution >= 4 is 32.7 Å². The molecule has 0 fully saturated rings. The number of halogens is 1. The first kappa shape index (κ1) is 12.1. The van der Waals surface area contributed by atoms with Gasteiger partial charge >= 0.3 is 5.97 Å². The van der Waals surface area contributed by atoms with Gasteiger partial charge in [-0.25, -0.2) is 0 Å². The molecule has 0 saturated carbocycles. The molecule has 0 amide bonds. The molecule has 2 rings (SSSR count). The minimum absolute atomic E-state index is 0.211. The molecule has 2 nitrogen and oxygen atoms in total. The van der Waals surface area contributed by atoms with Gasteiger partial charge < -0.3 is 4.74 Å². The van der Waals surface area contributed by atoms with E-state index in [2.05, 4.69) is 15.9 Å². The molecule has 0 radical (unpaired) electrons. The highest BCUT2D eigenvalue weighted by atomic mass is 79.9. The van der Waals surface area contributed by atoms with E-state index in [-0.39, 0.29) is 11.9 Å². The molecule has 1 unspecified atom stereocenters. The molecule has 0 aliphatic carbocycles. The highest BCUT2D eigenvalue weighted by molar-refractivity contribution is 9.10. The molecule has 2 aromatic rings. The molecule has 88 valence electrons. The Morgan fingerprint density at radius 3 is 2.47 bits per heavy atom. The molecule has 2 aromatic carbocycles. The first-order valence-electron chi connectivity index (χ1n) is 5.40. The molecule has 0 saturated heterocycles. The number of rotatable bonds is 2. The van der Waals surface area contributed by atoms with Crippen LogP contribution >= 0.6 is 15.9 Å². The van der Waals surface area contributed by atoms with Gasteiger partial charge in [-0.05, 0) is 29.3 Å². The fourth-order valence-corrected chi connectivity index (χ4v) is 2.44. The van der Waals surface area contributed by atoms with Crippen LogP contribution < -0.4 is 0 Å². The summed E-state index contributed by atoms with van der Waals surface area (Å²) in [5, 5.41) is 2.19. The zero-order valence-electron chi connectivity index (χ0n) is 9.74. The first-order valence-corrected chi connectivity index (χ1v) is 6.19. The number of hydrogen-bond acceptors (Lipinski definition) is 2. The summed E-state index contributed by atoms with van der Waals surface area (Å²) < 4.78 is 5.83. The number of carbonyl (C=O) groups is 1. The second kappa shape index (κ2) is 4.88. The van der Waals surface area contributed by atoms with Crippen molar-refractivity contribution in [1.29, 1.82) is 0 Å². The van der Waals surface area contributed by atoms with Crippen molar-refractivity contribution in [2.24, 2.45) is 0 Å². The lowest BCUT2D eigenvalue weighted by Gasteiger charge is -2.13. The lowest BCUT2D eigenvalue weighted by Crippen LogP contribution is -2.11. The second-order valence-corrected chi connectivity index (χ2v) is 4.78. The lowest BCUT2D eigenvalue weighted by atomic mass is 9.95. The lowest BCUT2D eigenvalue weighted by molar-refractivity contribution is -0.141. The molecule has 0 aromatic heterocycles. The number of hydrogen-bond donors (Lipinski definition) is 0. The summed E-state index contributed by atoms with van der Waals surface area (Å²) in [5.74, 6) is -0.463. The van der Waals surface area contributed by atoms with Crippen molar-refractivity contribution in [3.8, 4) is 0 Å². The van der Waals surface area contributed by atoms with E-state index in [4.69, 9.17) is 4.74 Å². The number of esters is 1. The minimum Gasteiger partial charge on any atom is -0.469 e. The number of ether oxygens (including phenoxy) is 1. The Morgan fingerprint density at radius 2 is 1.82 bits per heavy atom. The minimum atomic E-state index is -0.252. The predicted molar refractivity (Wildman–Crippen MR) is 72.1 cm³/mol. The summed E-state index contributed by atoms with van der Waals surface area (Å²) in [6, 6.07) is 12.0. The zero-order valence-corrected chi connectivity index (χ0v) is 11.3. The maximum Gasteiger partial charge on any atom is 0.312 e. The molecule has 17 heavy (non-hydrogen) atoms. The molecule has 0 bridgehead atoms. The van der Waals surface area contributed by atoms with Crippen LogP contribution in [0.2, 0.25) is 0 Å². The van der Waals surface area contributed by atoms with E-state index in [1.807, 2.05) is 43.3 Å². The predicted octanol–water partition coefficient (Wildman–Crippen LogP) is 3.88. The third-order valence-electron chi connectivity index (χ3n) is 2.93. The Bertz CT molecular complexity index is 563. The zero-order chi connectivity index (χ0) is 12.4. The van der Waals surface area contributed by atoms with Gasteiger partial charge in [0.05, 0.1) is 13.0 Å². The summed E-state index contributed by atoms with van der Waals surface area (Å²) in [6.45, 7) is 1.86. The van der Waals surface area contributed by atoms with E-state index in [0.29, 0.717) is 0 Å². The van der Waals surface area contributed by atoms with Crippen LogP contribution in [0.4, 0.5) is 0 Å². The Hall–Kier alpha value is -1.35. The van der Waals surface area contributed by atoms with E-state index in [9.17, 15) is 4.79 Å². The van der Waals surface area contributed by atoms with Gasteiger partial charge in [0.1, 0.15) is 0 Å². The summed E-state index contributed by atoms with van der Waals surface area (Å²) in [7, 11) is 1.42. The second-order valence-electron chi connectivity index (χ2n) is 3.93. The van der Waals surface area contributed by atoms with Gasteiger partial charge in [0.15, 0.2) is 0 Å². The third-order valence-corrected chi connectivity index (χ3v) is 3.62. The van der Waals surface area contributed by atoms with Crippen LogP contribution in [0, 0.1) is 0 Å². The van der Waals surface area contributed by atoms with Crippen LogP contribution in [-0.4, -0.2) is 13.1 Å². The summed E-state index contributed by atoms with van der Waals surface area (Å²) in [4.78, 5) is 11.6. The summed E-state index contributed by atoms with van der Waals surface area (Å²) in [6.07, 6.45) is 0. The van der Waals surface area contributed by atoms with Crippen molar-refractivity contribution < 1.29 is 9.53 Å². The molecule has 0 heterocycles. The van der Waals surface area contributed by atoms with E-state index < -0.39 is 0 Å². The van der Waals surface area contributed by atoms with Crippen molar-refractivity contribution in [2.45, 2.75) is 12.8 Å². The van der Waals surface area contributed by atoms with E-state index in [0.717, 1.165) is 20.8 Å². The fraction of sp³-hybridized carbons (Fsp3) is 0.214. The van der Waals surface area contributed by atoms with Crippen molar-refractivity contribution in [2.75, 3.05) is 7.11 Å². The Kier molecular flexibility index (Phi) is 3.48. The van der Waals surface area contributed by atoms with Gasteiger partial charge in [0.25, 0.3) is 0 Å². The van der Waals surface area contributed by atoms with Crippen LogP contribution in [-0.2, 0) is 9.53 Å². The van der Waals surface area contributed by atoms with Gasteiger partial charge in [0.2, 0.25) is 0 Å². The Labute approximate surface area is 109 Å². The van der Waals surface area contributed by atoms with Crippen LogP contribution in [0.1, 0.15) is 18.4 Å². The van der Waals surface area contributed by atoms with Gasteiger partial charge in [0, 0.05) is 4.47 Å². The highest BCUT2D eigenvalue weighted by Gasteiger charge is 2.18. The molecule has 0 aliphatic heterocycles. The van der Waals surface area contributed by atoms with Gasteiger partial charge in [-0.1, -0.05) is 46.3 Å². The van der Waals surface area contributed by atoms with Crippen molar-refractivity contribution in [1.82, 2.24) is 0 Å². The topological polar surface area (TPSA) is 26.3 Å². The maximum atomic E-state index is 11.6. The molecule has 0 N–H and O–H groups in total. The smallest absolute Gasteiger partial charge is 0.312 e. The fourth-order valence-electron chi connectivity index (χ4n) is 1.97. The summed E-state index contributed by atoms with van der Waals surface area (Å²) >= 11 is 3.52. The molecule has 1 atom stereocenters. The quantitative estimate of drug-likeness (QED) is 0.785. The molecular formula is C14H13BrO2. The number of fused-ring (bicyclic) bond motifs is 1. The summed E-state index contributed by atoms with van der Waals surface area (Å²) in [5.41, 5.74) is 0.996. The van der Waals surface area contributed by atoms with Gasteiger partial charge in [-0.3, -0.25) is 4.79 Å². The number of benzene rings is 2. The molecule has 0 aliphatic rings. The Balaban J connectivity index is 2.63. The van der Waals surface area contributed by atoms with Crippen LogP contribution in [0.15, 0.2) is 40.9 Å². The largest absolute Gasteiger partial charge is 0.469 e. The Morgan fingerprint density at radius 1 is 1.18 bits per heavy atom. The SMILES string of the molecule is COC(=O)C(C)c1ccc(Br)c2ccccc12. The average molecular weight is 293 g/mol.